The number of halogens is 1. The number of fused-ring (bicyclic) bond motifs is 5. The minimum Gasteiger partial charge on any atom is -0.459 e. The number of allylic oxidation sites excluding steroid dienone is 1. The maximum atomic E-state index is 16.1. The van der Waals surface area contributed by atoms with Gasteiger partial charge in [0, 0.05) is 24.7 Å². The Morgan fingerprint density at radius 1 is 1.18 bits per heavy atom. The van der Waals surface area contributed by atoms with Gasteiger partial charge < -0.3 is 9.47 Å². The van der Waals surface area contributed by atoms with Crippen LogP contribution in [0.5, 0.6) is 5.75 Å². The highest BCUT2D eigenvalue weighted by atomic mass is 32.2. The molecule has 7 nitrogen and oxygen atoms in total. The van der Waals surface area contributed by atoms with Gasteiger partial charge in [-0.05, 0) is 78.5 Å². The molecule has 2 aromatic rings. The molecule has 2 saturated carbocycles. The summed E-state index contributed by atoms with van der Waals surface area (Å²) >= 11 is 0. The number of hydrogen-bond acceptors (Lipinski definition) is 6. The molecule has 0 saturated heterocycles. The van der Waals surface area contributed by atoms with Gasteiger partial charge in [-0.1, -0.05) is 25.1 Å². The molecular formula is C29H32FNO6S. The molecule has 0 aliphatic heterocycles. The third-order valence-corrected chi connectivity index (χ3v) is 9.84. The molecule has 2 N–H and O–H groups in total. The summed E-state index contributed by atoms with van der Waals surface area (Å²) < 4.78 is 50.6. The molecule has 3 aliphatic rings. The van der Waals surface area contributed by atoms with Gasteiger partial charge in [-0.2, -0.15) is 0 Å². The van der Waals surface area contributed by atoms with Crippen LogP contribution in [0.4, 0.5) is 4.39 Å². The second kappa shape index (κ2) is 9.31. The van der Waals surface area contributed by atoms with E-state index in [9.17, 15) is 18.0 Å². The Bertz CT molecular complexity index is 1420. The molecule has 6 atom stereocenters. The van der Waals surface area contributed by atoms with Crippen molar-refractivity contribution in [3.8, 4) is 5.75 Å². The normalized spacial score (nSPS) is 31.9. The van der Waals surface area contributed by atoms with Gasteiger partial charge in [0.25, 0.3) is 0 Å². The minimum atomic E-state index is -3.96. The molecule has 0 radical (unpaired) electrons. The van der Waals surface area contributed by atoms with Gasteiger partial charge in [-0.25, -0.2) is 22.7 Å². The lowest BCUT2D eigenvalue weighted by Crippen LogP contribution is -2.54. The number of carbonyl (C=O) groups excluding carboxylic acids is 2. The summed E-state index contributed by atoms with van der Waals surface area (Å²) in [4.78, 5) is 24.2. The average Bonchev–Trinajstić information content (AvgIpc) is 3.18. The minimum absolute atomic E-state index is 0.0425. The average molecular weight is 542 g/mol. The van der Waals surface area contributed by atoms with Crippen molar-refractivity contribution in [1.29, 1.82) is 0 Å². The van der Waals surface area contributed by atoms with Crippen LogP contribution in [0.25, 0.3) is 0 Å². The Morgan fingerprint density at radius 2 is 1.95 bits per heavy atom. The first kappa shape index (κ1) is 26.6. The van der Waals surface area contributed by atoms with Crippen LogP contribution in [0, 0.1) is 17.3 Å². The number of carbonyl (C=O) groups is 2. The Hall–Kier alpha value is -3.04. The van der Waals surface area contributed by atoms with Gasteiger partial charge in [-0.15, -0.1) is 6.58 Å². The highest BCUT2D eigenvalue weighted by Crippen LogP contribution is 2.64. The van der Waals surface area contributed by atoms with E-state index in [1.165, 1.54) is 31.2 Å². The molecule has 5 rings (SSSR count). The van der Waals surface area contributed by atoms with Gasteiger partial charge in [0.2, 0.25) is 10.0 Å². The number of sulfonamides is 1. The molecule has 0 spiro atoms. The third-order valence-electron chi connectivity index (χ3n) is 8.92. The van der Waals surface area contributed by atoms with Crippen LogP contribution in [0.2, 0.25) is 0 Å². The molecule has 202 valence electrons. The SMILES string of the molecule is C=C[C@]12CC[C@]3(C)C[C@H](OC(=O)c4cccc(S(N)(=O)=O)c4)CC3C1C(F)Cc1cc(OC(C)=O)ccc12. The number of nitrogens with two attached hydrogens (primary N) is 1. The van der Waals surface area contributed by atoms with Crippen LogP contribution >= 0.6 is 0 Å². The van der Waals surface area contributed by atoms with Crippen LogP contribution in [0.1, 0.15) is 61.0 Å². The molecule has 0 heterocycles. The van der Waals surface area contributed by atoms with Gasteiger partial charge in [0.1, 0.15) is 18.0 Å². The topological polar surface area (TPSA) is 113 Å². The van der Waals surface area contributed by atoms with E-state index in [0.717, 1.165) is 17.5 Å². The van der Waals surface area contributed by atoms with E-state index in [0.29, 0.717) is 25.0 Å². The van der Waals surface area contributed by atoms with E-state index in [1.807, 2.05) is 12.1 Å². The van der Waals surface area contributed by atoms with E-state index in [1.54, 1.807) is 12.1 Å². The summed E-state index contributed by atoms with van der Waals surface area (Å²) in [6.07, 6.45) is 3.17. The predicted octanol–water partition coefficient (Wildman–Crippen LogP) is 4.63. The first-order valence-electron chi connectivity index (χ1n) is 12.8. The summed E-state index contributed by atoms with van der Waals surface area (Å²) in [5.74, 6) is -1.02. The predicted molar refractivity (Wildman–Crippen MR) is 139 cm³/mol. The van der Waals surface area contributed by atoms with Crippen LogP contribution in [0.15, 0.2) is 60.0 Å². The zero-order chi connectivity index (χ0) is 27.5. The number of esters is 2. The molecular weight excluding hydrogens is 509 g/mol. The second-order valence-corrected chi connectivity index (χ2v) is 12.8. The van der Waals surface area contributed by atoms with Crippen molar-refractivity contribution in [3.05, 3.63) is 71.8 Å². The zero-order valence-electron chi connectivity index (χ0n) is 21.5. The highest BCUT2D eigenvalue weighted by molar-refractivity contribution is 7.89. The van der Waals surface area contributed by atoms with Crippen molar-refractivity contribution in [1.82, 2.24) is 0 Å². The Kier molecular flexibility index (Phi) is 6.51. The van der Waals surface area contributed by atoms with Crippen LogP contribution in [0.3, 0.4) is 0 Å². The van der Waals surface area contributed by atoms with Crippen LogP contribution < -0.4 is 9.88 Å². The lowest BCUT2D eigenvalue weighted by Gasteiger charge is -2.56. The molecule has 3 unspecified atom stereocenters. The number of rotatable bonds is 5. The fourth-order valence-electron chi connectivity index (χ4n) is 7.31. The Morgan fingerprint density at radius 3 is 2.63 bits per heavy atom. The lowest BCUT2D eigenvalue weighted by atomic mass is 9.48. The number of ether oxygens (including phenoxy) is 2. The zero-order valence-corrected chi connectivity index (χ0v) is 22.3. The molecule has 2 aromatic carbocycles. The van der Waals surface area contributed by atoms with E-state index in [4.69, 9.17) is 14.6 Å². The standard InChI is InChI=1S/C29H32FNO6S/c1-4-29-11-10-28(3)16-21(37-27(33)18-6-5-7-22(13-18)38(31,34)35)15-24(28)26(29)25(30)14-19-12-20(36-17(2)32)8-9-23(19)29/h4-9,12-13,21,24-26H,1,10-11,14-16H2,2-3H3,(H2,31,34,35)/t21-,24?,25?,26?,28-,29-/m1/s1. The third kappa shape index (κ3) is 4.45. The summed E-state index contributed by atoms with van der Waals surface area (Å²) in [6, 6.07) is 10.9. The van der Waals surface area contributed by atoms with E-state index >= 15 is 4.39 Å². The Labute approximate surface area is 222 Å². The van der Waals surface area contributed by atoms with Crippen molar-refractivity contribution in [2.45, 2.75) is 68.5 Å². The molecule has 0 bridgehead atoms. The molecule has 38 heavy (non-hydrogen) atoms. The first-order valence-corrected chi connectivity index (χ1v) is 14.3. The Balaban J connectivity index is 1.41. The molecule has 9 heteroatoms. The summed E-state index contributed by atoms with van der Waals surface area (Å²) in [5, 5.41) is 5.20. The summed E-state index contributed by atoms with van der Waals surface area (Å²) in [7, 11) is -3.96. The van der Waals surface area contributed by atoms with Crippen molar-refractivity contribution in [3.63, 3.8) is 0 Å². The van der Waals surface area contributed by atoms with Gasteiger partial charge >= 0.3 is 11.9 Å². The smallest absolute Gasteiger partial charge is 0.338 e. The monoisotopic (exact) mass is 541 g/mol. The summed E-state index contributed by atoms with van der Waals surface area (Å²) in [5.41, 5.74) is 1.16. The molecule has 2 fully saturated rings. The number of alkyl halides is 1. The number of primary sulfonamides is 1. The van der Waals surface area contributed by atoms with Crippen molar-refractivity contribution in [2.24, 2.45) is 22.4 Å². The molecule has 0 amide bonds. The number of benzene rings is 2. The van der Waals surface area contributed by atoms with Crippen molar-refractivity contribution >= 4 is 22.0 Å². The lowest BCUT2D eigenvalue weighted by molar-refractivity contribution is -0.131. The van der Waals surface area contributed by atoms with E-state index in [-0.39, 0.29) is 34.1 Å². The summed E-state index contributed by atoms with van der Waals surface area (Å²) in [6.45, 7) is 7.62. The van der Waals surface area contributed by atoms with Crippen LogP contribution in [-0.4, -0.2) is 32.6 Å². The number of hydrogen-bond donors (Lipinski definition) is 1. The second-order valence-electron chi connectivity index (χ2n) is 11.2. The molecule has 0 aromatic heterocycles. The maximum Gasteiger partial charge on any atom is 0.338 e. The first-order chi connectivity index (χ1) is 17.9. The van der Waals surface area contributed by atoms with Gasteiger partial charge in [-0.3, -0.25) is 4.79 Å². The van der Waals surface area contributed by atoms with E-state index < -0.39 is 39.7 Å². The van der Waals surface area contributed by atoms with E-state index in [2.05, 4.69) is 13.5 Å². The van der Waals surface area contributed by atoms with Gasteiger partial charge in [0.15, 0.2) is 0 Å². The van der Waals surface area contributed by atoms with Gasteiger partial charge in [0.05, 0.1) is 10.5 Å². The fourth-order valence-corrected chi connectivity index (χ4v) is 7.87. The quantitative estimate of drug-likeness (QED) is 0.336. The fraction of sp³-hybridized carbons (Fsp3) is 0.448. The van der Waals surface area contributed by atoms with Crippen LogP contribution in [-0.2, 0) is 31.4 Å². The maximum absolute atomic E-state index is 16.1. The highest BCUT2D eigenvalue weighted by Gasteiger charge is 2.61. The largest absolute Gasteiger partial charge is 0.459 e. The van der Waals surface area contributed by atoms with Crippen molar-refractivity contribution < 1.29 is 31.9 Å². The van der Waals surface area contributed by atoms with Crippen molar-refractivity contribution in [2.75, 3.05) is 0 Å². The molecule has 3 aliphatic carbocycles.